The molecular weight excluding hydrogens is 372 g/mol. The lowest BCUT2D eigenvalue weighted by Crippen LogP contribution is -2.41. The van der Waals surface area contributed by atoms with E-state index in [0.717, 1.165) is 12.0 Å². The van der Waals surface area contributed by atoms with Gasteiger partial charge in [-0.1, -0.05) is 19.1 Å². The van der Waals surface area contributed by atoms with Gasteiger partial charge in [0.25, 0.3) is 0 Å². The highest BCUT2D eigenvalue weighted by molar-refractivity contribution is 5.99. The summed E-state index contributed by atoms with van der Waals surface area (Å²) in [5.41, 5.74) is 1.56. The number of hydrogen-bond donors (Lipinski definition) is 1. The van der Waals surface area contributed by atoms with Gasteiger partial charge in [-0.05, 0) is 42.7 Å². The first-order valence-corrected chi connectivity index (χ1v) is 9.86. The summed E-state index contributed by atoms with van der Waals surface area (Å²) in [5, 5.41) is 2.92. The van der Waals surface area contributed by atoms with Crippen molar-refractivity contribution in [3.05, 3.63) is 48.0 Å². The predicted octanol–water partition coefficient (Wildman–Crippen LogP) is 3.33. The van der Waals surface area contributed by atoms with Gasteiger partial charge in [0.2, 0.25) is 18.6 Å². The van der Waals surface area contributed by atoms with E-state index in [-0.39, 0.29) is 18.6 Å². The van der Waals surface area contributed by atoms with Crippen molar-refractivity contribution in [2.45, 2.75) is 38.8 Å². The van der Waals surface area contributed by atoms with Crippen molar-refractivity contribution in [3.63, 3.8) is 0 Å². The highest BCUT2D eigenvalue weighted by atomic mass is 16.7. The van der Waals surface area contributed by atoms with Crippen molar-refractivity contribution < 1.29 is 23.8 Å². The maximum Gasteiger partial charge on any atom is 0.247 e. The third-order valence-electron chi connectivity index (χ3n) is 5.00. The van der Waals surface area contributed by atoms with Gasteiger partial charge in [-0.2, -0.15) is 0 Å². The lowest BCUT2D eigenvalue weighted by Gasteiger charge is -2.24. The first-order chi connectivity index (χ1) is 14.1. The Hall–Kier alpha value is -3.22. The largest absolute Gasteiger partial charge is 0.494 e. The normalized spacial score (nSPS) is 17.5. The molecule has 0 bridgehead atoms. The van der Waals surface area contributed by atoms with Gasteiger partial charge < -0.3 is 24.4 Å². The Morgan fingerprint density at radius 3 is 2.93 bits per heavy atom. The topological polar surface area (TPSA) is 77.1 Å². The van der Waals surface area contributed by atoms with E-state index in [1.807, 2.05) is 43.3 Å². The van der Waals surface area contributed by atoms with Crippen LogP contribution >= 0.6 is 0 Å². The van der Waals surface area contributed by atoms with E-state index in [9.17, 15) is 9.59 Å². The number of nitrogens with zero attached hydrogens (tertiary/aromatic N) is 1. The molecule has 1 N–H and O–H groups in total. The maximum atomic E-state index is 12.9. The molecule has 0 aliphatic carbocycles. The SMILES string of the molecule is CCCOc1cccc(NC(=O)C2CCC(=O)N2Cc2ccc3c(c2)OCO3)c1. The average Bonchev–Trinajstić information content (AvgIpc) is 3.33. The van der Waals surface area contributed by atoms with E-state index in [0.29, 0.717) is 48.9 Å². The maximum absolute atomic E-state index is 12.9. The Kier molecular flexibility index (Phi) is 5.55. The number of benzene rings is 2. The summed E-state index contributed by atoms with van der Waals surface area (Å²) < 4.78 is 16.4. The van der Waals surface area contributed by atoms with Crippen LogP contribution in [-0.4, -0.2) is 36.2 Å². The molecule has 0 aromatic heterocycles. The van der Waals surface area contributed by atoms with Gasteiger partial charge in [-0.3, -0.25) is 9.59 Å². The number of anilines is 1. The minimum Gasteiger partial charge on any atom is -0.494 e. The molecule has 0 saturated carbocycles. The van der Waals surface area contributed by atoms with E-state index >= 15 is 0 Å². The Balaban J connectivity index is 1.44. The van der Waals surface area contributed by atoms with Crippen LogP contribution in [0.15, 0.2) is 42.5 Å². The van der Waals surface area contributed by atoms with Crippen molar-refractivity contribution in [2.24, 2.45) is 0 Å². The van der Waals surface area contributed by atoms with E-state index in [2.05, 4.69) is 5.32 Å². The van der Waals surface area contributed by atoms with Gasteiger partial charge in [-0.25, -0.2) is 0 Å². The molecule has 0 spiro atoms. The molecule has 1 atom stereocenters. The number of likely N-dealkylation sites (tertiary alicyclic amines) is 1. The summed E-state index contributed by atoms with van der Waals surface area (Å²) in [6.07, 6.45) is 1.78. The summed E-state index contributed by atoms with van der Waals surface area (Å²) in [6, 6.07) is 12.4. The molecule has 7 heteroatoms. The highest BCUT2D eigenvalue weighted by Gasteiger charge is 2.36. The van der Waals surface area contributed by atoms with Crippen LogP contribution in [-0.2, 0) is 16.1 Å². The van der Waals surface area contributed by atoms with Crippen LogP contribution < -0.4 is 19.5 Å². The van der Waals surface area contributed by atoms with Crippen LogP contribution in [0, 0.1) is 0 Å². The van der Waals surface area contributed by atoms with Crippen LogP contribution in [0.4, 0.5) is 5.69 Å². The van der Waals surface area contributed by atoms with Crippen molar-refractivity contribution in [2.75, 3.05) is 18.7 Å². The van der Waals surface area contributed by atoms with Crippen LogP contribution in [0.2, 0.25) is 0 Å². The monoisotopic (exact) mass is 396 g/mol. The third kappa shape index (κ3) is 4.29. The molecule has 1 saturated heterocycles. The second-order valence-electron chi connectivity index (χ2n) is 7.13. The molecular formula is C22H24N2O5. The lowest BCUT2D eigenvalue weighted by atomic mass is 10.1. The summed E-state index contributed by atoms with van der Waals surface area (Å²) in [6.45, 7) is 3.22. The number of amides is 2. The number of carbonyl (C=O) groups excluding carboxylic acids is 2. The van der Waals surface area contributed by atoms with Gasteiger partial charge in [0.1, 0.15) is 11.8 Å². The third-order valence-corrected chi connectivity index (χ3v) is 5.00. The van der Waals surface area contributed by atoms with Crippen LogP contribution in [0.25, 0.3) is 0 Å². The molecule has 2 aliphatic heterocycles. The summed E-state index contributed by atoms with van der Waals surface area (Å²) in [4.78, 5) is 26.9. The predicted molar refractivity (Wildman–Crippen MR) is 107 cm³/mol. The van der Waals surface area contributed by atoms with Crippen LogP contribution in [0.3, 0.4) is 0 Å². The molecule has 0 radical (unpaired) electrons. The zero-order chi connectivity index (χ0) is 20.2. The molecule has 1 fully saturated rings. The number of ether oxygens (including phenoxy) is 3. The fraction of sp³-hybridized carbons (Fsp3) is 0.364. The molecule has 7 nitrogen and oxygen atoms in total. The van der Waals surface area contributed by atoms with E-state index in [1.165, 1.54) is 0 Å². The van der Waals surface area contributed by atoms with Crippen LogP contribution in [0.1, 0.15) is 31.7 Å². The Morgan fingerprint density at radius 1 is 1.21 bits per heavy atom. The number of fused-ring (bicyclic) bond motifs is 1. The van der Waals surface area contributed by atoms with Crippen molar-refractivity contribution >= 4 is 17.5 Å². The van der Waals surface area contributed by atoms with Gasteiger partial charge in [0.05, 0.1) is 6.61 Å². The highest BCUT2D eigenvalue weighted by Crippen LogP contribution is 2.33. The molecule has 2 aromatic rings. The van der Waals surface area contributed by atoms with Crippen molar-refractivity contribution in [1.29, 1.82) is 0 Å². The first kappa shape index (κ1) is 19.1. The lowest BCUT2D eigenvalue weighted by molar-refractivity contribution is -0.133. The molecule has 4 rings (SSSR count). The average molecular weight is 396 g/mol. The molecule has 1 unspecified atom stereocenters. The molecule has 2 amide bonds. The smallest absolute Gasteiger partial charge is 0.247 e. The number of carbonyl (C=O) groups is 2. The van der Waals surface area contributed by atoms with E-state index < -0.39 is 6.04 Å². The fourth-order valence-corrected chi connectivity index (χ4v) is 3.55. The van der Waals surface area contributed by atoms with E-state index in [1.54, 1.807) is 11.0 Å². The van der Waals surface area contributed by atoms with E-state index in [4.69, 9.17) is 14.2 Å². The second-order valence-corrected chi connectivity index (χ2v) is 7.13. The Labute approximate surface area is 169 Å². The summed E-state index contributed by atoms with van der Waals surface area (Å²) in [5.74, 6) is 1.86. The van der Waals surface area contributed by atoms with Crippen LogP contribution in [0.5, 0.6) is 17.2 Å². The fourth-order valence-electron chi connectivity index (χ4n) is 3.55. The van der Waals surface area contributed by atoms with Crippen molar-refractivity contribution in [3.8, 4) is 17.2 Å². The second kappa shape index (κ2) is 8.43. The minimum absolute atomic E-state index is 0.0251. The zero-order valence-corrected chi connectivity index (χ0v) is 16.3. The Morgan fingerprint density at radius 2 is 2.07 bits per heavy atom. The summed E-state index contributed by atoms with van der Waals surface area (Å²) in [7, 11) is 0. The molecule has 2 aromatic carbocycles. The molecule has 2 aliphatic rings. The van der Waals surface area contributed by atoms with Gasteiger partial charge in [0, 0.05) is 24.7 Å². The first-order valence-electron chi connectivity index (χ1n) is 9.86. The zero-order valence-electron chi connectivity index (χ0n) is 16.3. The molecule has 29 heavy (non-hydrogen) atoms. The number of hydrogen-bond acceptors (Lipinski definition) is 5. The standard InChI is InChI=1S/C22H24N2O5/c1-2-10-27-17-5-3-4-16(12-17)23-22(26)18-7-9-21(25)24(18)13-15-6-8-19-20(11-15)29-14-28-19/h3-6,8,11-12,18H,2,7,9-10,13-14H2,1H3,(H,23,26). The van der Waals surface area contributed by atoms with Gasteiger partial charge in [-0.15, -0.1) is 0 Å². The number of nitrogens with one attached hydrogen (secondary N) is 1. The number of rotatable bonds is 7. The van der Waals surface area contributed by atoms with Gasteiger partial charge in [0.15, 0.2) is 11.5 Å². The Bertz CT molecular complexity index is 914. The summed E-state index contributed by atoms with van der Waals surface area (Å²) >= 11 is 0. The van der Waals surface area contributed by atoms with Gasteiger partial charge >= 0.3 is 0 Å². The minimum atomic E-state index is -0.506. The molecule has 2 heterocycles. The van der Waals surface area contributed by atoms with Crippen molar-refractivity contribution in [1.82, 2.24) is 4.90 Å². The molecule has 152 valence electrons. The quantitative estimate of drug-likeness (QED) is 0.777.